The highest BCUT2D eigenvalue weighted by molar-refractivity contribution is 9.10. The summed E-state index contributed by atoms with van der Waals surface area (Å²) >= 11 is 3.34. The van der Waals surface area contributed by atoms with Crippen LogP contribution in [0.1, 0.15) is 6.42 Å². The molecule has 0 amide bonds. The fourth-order valence-electron chi connectivity index (χ4n) is 3.05. The minimum absolute atomic E-state index is 0.356. The molecule has 1 aromatic rings. The highest BCUT2D eigenvalue weighted by Gasteiger charge is 2.35. The molecule has 2 saturated heterocycles. The molecule has 7 heteroatoms. The molecule has 0 bridgehead atoms. The van der Waals surface area contributed by atoms with Crippen LogP contribution in [0.2, 0.25) is 0 Å². The van der Waals surface area contributed by atoms with Gasteiger partial charge in [-0.15, -0.1) is 0 Å². The van der Waals surface area contributed by atoms with E-state index in [1.165, 1.54) is 0 Å². The lowest BCUT2D eigenvalue weighted by Gasteiger charge is -2.32. The zero-order chi connectivity index (χ0) is 14.9. The molecule has 0 spiro atoms. The van der Waals surface area contributed by atoms with Crippen molar-refractivity contribution in [1.29, 1.82) is 0 Å². The number of sulfonamides is 1. The minimum atomic E-state index is -3.37. The Balaban J connectivity index is 1.72. The zero-order valence-electron chi connectivity index (χ0n) is 11.8. The second kappa shape index (κ2) is 6.34. The van der Waals surface area contributed by atoms with Crippen LogP contribution in [-0.2, 0) is 10.0 Å². The summed E-state index contributed by atoms with van der Waals surface area (Å²) in [5, 5.41) is 3.33. The Kier molecular flexibility index (Phi) is 4.66. The molecule has 0 radical (unpaired) electrons. The predicted octanol–water partition coefficient (Wildman–Crippen LogP) is 1.12. The van der Waals surface area contributed by atoms with Crippen LogP contribution in [0.4, 0.5) is 0 Å². The molecular weight excluding hydrogens is 354 g/mol. The summed E-state index contributed by atoms with van der Waals surface area (Å²) < 4.78 is 27.8. The monoisotopic (exact) mass is 373 g/mol. The van der Waals surface area contributed by atoms with Crippen LogP contribution in [0.25, 0.3) is 0 Å². The molecule has 1 atom stereocenters. The summed E-state index contributed by atoms with van der Waals surface area (Å²) in [4.78, 5) is 2.78. The average Bonchev–Trinajstić information content (AvgIpc) is 2.99. The average molecular weight is 374 g/mol. The van der Waals surface area contributed by atoms with Gasteiger partial charge in [-0.2, -0.15) is 4.31 Å². The van der Waals surface area contributed by atoms with Crippen molar-refractivity contribution in [3.05, 3.63) is 28.7 Å². The van der Waals surface area contributed by atoms with Gasteiger partial charge in [0.15, 0.2) is 0 Å². The number of benzene rings is 1. The van der Waals surface area contributed by atoms with E-state index < -0.39 is 10.0 Å². The summed E-state index contributed by atoms with van der Waals surface area (Å²) in [6.07, 6.45) is 0.924. The van der Waals surface area contributed by atoms with Crippen molar-refractivity contribution in [3.63, 3.8) is 0 Å². The third-order valence-corrected chi connectivity index (χ3v) is 6.58. The third-order valence-electron chi connectivity index (χ3n) is 4.23. The Morgan fingerprint density at radius 3 is 2.67 bits per heavy atom. The van der Waals surface area contributed by atoms with Crippen LogP contribution in [0.15, 0.2) is 33.6 Å². The summed E-state index contributed by atoms with van der Waals surface area (Å²) in [5.74, 6) is 0. The molecule has 2 heterocycles. The van der Waals surface area contributed by atoms with Crippen molar-refractivity contribution in [2.75, 3.05) is 39.3 Å². The van der Waals surface area contributed by atoms with E-state index in [0.717, 1.165) is 37.1 Å². The molecule has 0 aromatic heterocycles. The molecule has 0 saturated carbocycles. The van der Waals surface area contributed by atoms with Gasteiger partial charge in [0, 0.05) is 49.8 Å². The molecule has 2 fully saturated rings. The van der Waals surface area contributed by atoms with Crippen molar-refractivity contribution >= 4 is 26.0 Å². The highest BCUT2D eigenvalue weighted by Crippen LogP contribution is 2.25. The first-order chi connectivity index (χ1) is 10.1. The summed E-state index contributed by atoms with van der Waals surface area (Å²) in [6, 6.07) is 7.30. The molecule has 1 aromatic carbocycles. The maximum atomic E-state index is 12.7. The second-order valence-corrected chi connectivity index (χ2v) is 8.40. The maximum absolute atomic E-state index is 12.7. The van der Waals surface area contributed by atoms with Crippen LogP contribution < -0.4 is 5.32 Å². The number of nitrogens with zero attached hydrogens (tertiary/aromatic N) is 2. The van der Waals surface area contributed by atoms with E-state index in [-0.39, 0.29) is 0 Å². The van der Waals surface area contributed by atoms with E-state index in [2.05, 4.69) is 26.1 Å². The van der Waals surface area contributed by atoms with Crippen LogP contribution in [0.3, 0.4) is 0 Å². The third kappa shape index (κ3) is 3.32. The van der Waals surface area contributed by atoms with Gasteiger partial charge >= 0.3 is 0 Å². The van der Waals surface area contributed by atoms with Gasteiger partial charge in [0.2, 0.25) is 10.0 Å². The predicted molar refractivity (Wildman–Crippen MR) is 85.7 cm³/mol. The molecule has 2 aliphatic rings. The molecule has 116 valence electrons. The van der Waals surface area contributed by atoms with Gasteiger partial charge in [-0.25, -0.2) is 8.42 Å². The fourth-order valence-corrected chi connectivity index (χ4v) is 5.14. The van der Waals surface area contributed by atoms with E-state index in [1.54, 1.807) is 22.5 Å². The quantitative estimate of drug-likeness (QED) is 0.862. The van der Waals surface area contributed by atoms with Crippen molar-refractivity contribution in [3.8, 4) is 0 Å². The van der Waals surface area contributed by atoms with E-state index in [4.69, 9.17) is 0 Å². The molecule has 2 aliphatic heterocycles. The minimum Gasteiger partial charge on any atom is -0.314 e. The van der Waals surface area contributed by atoms with E-state index in [9.17, 15) is 8.42 Å². The number of piperazine rings is 1. The Hall–Kier alpha value is -0.470. The van der Waals surface area contributed by atoms with Crippen molar-refractivity contribution in [2.45, 2.75) is 17.4 Å². The van der Waals surface area contributed by atoms with Gasteiger partial charge in [-0.3, -0.25) is 4.90 Å². The number of halogens is 1. The smallest absolute Gasteiger partial charge is 0.243 e. The van der Waals surface area contributed by atoms with Crippen LogP contribution >= 0.6 is 15.9 Å². The number of hydrogen-bond acceptors (Lipinski definition) is 4. The number of rotatable bonds is 3. The zero-order valence-corrected chi connectivity index (χ0v) is 14.2. The van der Waals surface area contributed by atoms with Crippen LogP contribution in [-0.4, -0.2) is 62.9 Å². The first-order valence-electron chi connectivity index (χ1n) is 7.28. The summed E-state index contributed by atoms with van der Waals surface area (Å²) in [7, 11) is -3.37. The topological polar surface area (TPSA) is 52.7 Å². The maximum Gasteiger partial charge on any atom is 0.243 e. The van der Waals surface area contributed by atoms with Gasteiger partial charge in [0.25, 0.3) is 0 Å². The Bertz CT molecular complexity index is 602. The molecular formula is C14H20BrN3O2S. The van der Waals surface area contributed by atoms with Gasteiger partial charge in [-0.05, 0) is 24.6 Å². The lowest BCUT2D eigenvalue weighted by Crippen LogP contribution is -2.49. The molecule has 21 heavy (non-hydrogen) atoms. The first-order valence-corrected chi connectivity index (χ1v) is 9.51. The van der Waals surface area contributed by atoms with Crippen molar-refractivity contribution < 1.29 is 8.42 Å². The van der Waals surface area contributed by atoms with Crippen molar-refractivity contribution in [1.82, 2.24) is 14.5 Å². The van der Waals surface area contributed by atoms with Gasteiger partial charge in [0.1, 0.15) is 0 Å². The Labute approximate surface area is 134 Å². The lowest BCUT2D eigenvalue weighted by molar-refractivity contribution is 0.179. The molecule has 1 N–H and O–H groups in total. The molecule has 0 aliphatic carbocycles. The number of hydrogen-bond donors (Lipinski definition) is 1. The van der Waals surface area contributed by atoms with Gasteiger partial charge < -0.3 is 5.32 Å². The summed E-state index contributed by atoms with van der Waals surface area (Å²) in [5.41, 5.74) is 0. The van der Waals surface area contributed by atoms with Crippen LogP contribution in [0, 0.1) is 0 Å². The normalized spacial score (nSPS) is 25.3. The Morgan fingerprint density at radius 1 is 1.19 bits per heavy atom. The molecule has 1 unspecified atom stereocenters. The fraction of sp³-hybridized carbons (Fsp3) is 0.571. The van der Waals surface area contributed by atoms with Gasteiger partial charge in [0.05, 0.1) is 4.90 Å². The van der Waals surface area contributed by atoms with E-state index >= 15 is 0 Å². The molecule has 3 rings (SSSR count). The van der Waals surface area contributed by atoms with Crippen molar-refractivity contribution in [2.24, 2.45) is 0 Å². The SMILES string of the molecule is O=S(=O)(c1cccc(Br)c1)N1CCC(N2CCNCC2)C1. The Morgan fingerprint density at radius 2 is 1.95 bits per heavy atom. The second-order valence-electron chi connectivity index (χ2n) is 5.55. The number of nitrogens with one attached hydrogen (secondary N) is 1. The lowest BCUT2D eigenvalue weighted by atomic mass is 10.2. The highest BCUT2D eigenvalue weighted by atomic mass is 79.9. The largest absolute Gasteiger partial charge is 0.314 e. The van der Waals surface area contributed by atoms with E-state index in [1.807, 2.05) is 6.07 Å². The van der Waals surface area contributed by atoms with Gasteiger partial charge in [-0.1, -0.05) is 22.0 Å². The van der Waals surface area contributed by atoms with Crippen LogP contribution in [0.5, 0.6) is 0 Å². The standard InChI is InChI=1S/C14H20BrN3O2S/c15-12-2-1-3-14(10-12)21(19,20)18-7-4-13(11-18)17-8-5-16-6-9-17/h1-3,10,13,16H,4-9,11H2. The summed E-state index contributed by atoms with van der Waals surface area (Å²) in [6.45, 7) is 5.23. The van der Waals surface area contributed by atoms with E-state index in [0.29, 0.717) is 24.0 Å². The first kappa shape index (κ1) is 15.4. The molecule has 5 nitrogen and oxygen atoms in total.